The first-order valence-corrected chi connectivity index (χ1v) is 7.67. The van der Waals surface area contributed by atoms with Crippen molar-refractivity contribution >= 4 is 21.8 Å². The molecule has 20 heavy (non-hydrogen) atoms. The van der Waals surface area contributed by atoms with Gasteiger partial charge in [0.2, 0.25) is 0 Å². The van der Waals surface area contributed by atoms with Gasteiger partial charge in [-0.2, -0.15) is 0 Å². The number of pyridine rings is 1. The fourth-order valence-corrected chi connectivity index (χ4v) is 3.94. The van der Waals surface area contributed by atoms with E-state index in [2.05, 4.69) is 17.2 Å². The third-order valence-corrected chi connectivity index (χ3v) is 4.88. The Bertz CT molecular complexity index is 659. The van der Waals surface area contributed by atoms with Gasteiger partial charge in [0.05, 0.1) is 17.8 Å². The average molecular weight is 293 g/mol. The number of hydrogen-bond donors (Lipinski definition) is 1. The molecule has 2 atom stereocenters. The van der Waals surface area contributed by atoms with Crippen LogP contribution in [0.15, 0.2) is 35.5 Å². The number of halogens is 1. The Labute approximate surface area is 119 Å². The maximum absolute atomic E-state index is 14.0. The zero-order valence-electron chi connectivity index (χ0n) is 11.2. The molecule has 1 aromatic carbocycles. The molecule has 0 spiro atoms. The Morgan fingerprint density at radius 3 is 3.10 bits per heavy atom. The van der Waals surface area contributed by atoms with Crippen molar-refractivity contribution in [2.45, 2.75) is 11.8 Å². The first kappa shape index (κ1) is 13.6. The lowest BCUT2D eigenvalue weighted by Gasteiger charge is -2.30. The molecule has 0 bridgehead atoms. The molecule has 1 aliphatic rings. The molecule has 0 amide bonds. The van der Waals surface area contributed by atoms with Crippen molar-refractivity contribution < 1.29 is 8.60 Å². The zero-order chi connectivity index (χ0) is 14.1. The Morgan fingerprint density at radius 2 is 2.30 bits per heavy atom. The summed E-state index contributed by atoms with van der Waals surface area (Å²) in [6.07, 6.45) is 2.76. The van der Waals surface area contributed by atoms with Crippen LogP contribution >= 0.6 is 0 Å². The second kappa shape index (κ2) is 5.55. The number of fused-ring (bicyclic) bond motifs is 1. The number of rotatable bonds is 2. The third-order valence-electron chi connectivity index (χ3n) is 3.42. The third kappa shape index (κ3) is 2.46. The fraction of sp³-hybridized carbons (Fsp3) is 0.357. The van der Waals surface area contributed by atoms with Crippen molar-refractivity contribution in [2.75, 3.05) is 19.8 Å². The van der Waals surface area contributed by atoms with Crippen LogP contribution in [0, 0.1) is 11.7 Å². The molecule has 0 aliphatic carbocycles. The molecule has 6 heteroatoms. The molecule has 1 N–H and O–H groups in total. The average Bonchev–Trinajstić information content (AvgIpc) is 2.46. The minimum atomic E-state index is -1.37. The van der Waals surface area contributed by atoms with Gasteiger partial charge in [0.25, 0.3) is 0 Å². The van der Waals surface area contributed by atoms with E-state index in [0.717, 1.165) is 13.1 Å². The van der Waals surface area contributed by atoms with Gasteiger partial charge in [0, 0.05) is 30.1 Å². The highest BCUT2D eigenvalue weighted by atomic mass is 32.2. The monoisotopic (exact) mass is 293 g/mol. The molecule has 1 aromatic heterocycles. The number of hydrogen-bond acceptors (Lipinski definition) is 3. The smallest absolute Gasteiger partial charge is 0.150 e. The molecule has 1 aliphatic heterocycles. The largest absolute Gasteiger partial charge is 0.303 e. The molecular weight excluding hydrogens is 277 g/mol. The van der Waals surface area contributed by atoms with E-state index < -0.39 is 16.8 Å². The Hall–Kier alpha value is -1.37. The van der Waals surface area contributed by atoms with Crippen molar-refractivity contribution in [2.24, 2.45) is 5.92 Å². The Balaban J connectivity index is 2.03. The summed E-state index contributed by atoms with van der Waals surface area (Å²) in [6.45, 7) is 4.31. The predicted octanol–water partition coefficient (Wildman–Crippen LogP) is 1.90. The minimum absolute atomic E-state index is 0.402. The van der Waals surface area contributed by atoms with E-state index in [0.29, 0.717) is 28.3 Å². The van der Waals surface area contributed by atoms with E-state index in [9.17, 15) is 8.60 Å². The van der Waals surface area contributed by atoms with Gasteiger partial charge in [-0.1, -0.05) is 19.1 Å². The summed E-state index contributed by atoms with van der Waals surface area (Å²) in [5, 5.41) is 4.30. The Morgan fingerprint density at radius 1 is 1.45 bits per heavy atom. The lowest BCUT2D eigenvalue weighted by atomic mass is 10.1. The highest BCUT2D eigenvalue weighted by Gasteiger charge is 2.23. The van der Waals surface area contributed by atoms with Crippen molar-refractivity contribution in [1.82, 2.24) is 14.6 Å². The van der Waals surface area contributed by atoms with Gasteiger partial charge >= 0.3 is 0 Å². The van der Waals surface area contributed by atoms with Gasteiger partial charge in [-0.05, 0) is 12.0 Å². The van der Waals surface area contributed by atoms with Crippen molar-refractivity contribution in [3.05, 3.63) is 36.4 Å². The maximum Gasteiger partial charge on any atom is 0.150 e. The number of nitrogens with one attached hydrogen (secondary N) is 1. The summed E-state index contributed by atoms with van der Waals surface area (Å²) in [7, 11) is -1.37. The second-order valence-electron chi connectivity index (χ2n) is 5.11. The lowest BCUT2D eigenvalue weighted by Crippen LogP contribution is -2.46. The van der Waals surface area contributed by atoms with E-state index in [1.807, 2.05) is 4.31 Å². The maximum atomic E-state index is 14.0. The molecule has 2 heterocycles. The van der Waals surface area contributed by atoms with Crippen LogP contribution in [-0.2, 0) is 11.0 Å². The molecule has 3 rings (SSSR count). The molecule has 2 aromatic rings. The van der Waals surface area contributed by atoms with Gasteiger partial charge < -0.3 is 5.32 Å². The van der Waals surface area contributed by atoms with E-state index >= 15 is 0 Å². The van der Waals surface area contributed by atoms with E-state index in [-0.39, 0.29) is 0 Å². The quantitative estimate of drug-likeness (QED) is 0.920. The lowest BCUT2D eigenvalue weighted by molar-refractivity contribution is 0.283. The SMILES string of the molecule is CC1CNCN(S(=O)c2cccc3cncc(F)c23)C1. The highest BCUT2D eigenvalue weighted by molar-refractivity contribution is 7.83. The molecule has 4 nitrogen and oxygen atoms in total. The van der Waals surface area contributed by atoms with Crippen LogP contribution in [0.1, 0.15) is 6.92 Å². The normalized spacial score (nSPS) is 22.0. The van der Waals surface area contributed by atoms with Gasteiger partial charge in [-0.3, -0.25) is 4.98 Å². The van der Waals surface area contributed by atoms with E-state index in [1.165, 1.54) is 6.20 Å². The number of nitrogens with zero attached hydrogens (tertiary/aromatic N) is 2. The van der Waals surface area contributed by atoms with Crippen LogP contribution in [0.2, 0.25) is 0 Å². The van der Waals surface area contributed by atoms with Crippen LogP contribution in [-0.4, -0.2) is 33.3 Å². The molecule has 1 saturated heterocycles. The van der Waals surface area contributed by atoms with Crippen molar-refractivity contribution in [3.8, 4) is 0 Å². The molecular formula is C14H16FN3OS. The number of benzene rings is 1. The zero-order valence-corrected chi connectivity index (χ0v) is 12.0. The van der Waals surface area contributed by atoms with Crippen LogP contribution in [0.3, 0.4) is 0 Å². The fourth-order valence-electron chi connectivity index (χ4n) is 2.48. The van der Waals surface area contributed by atoms with Crippen LogP contribution in [0.4, 0.5) is 4.39 Å². The van der Waals surface area contributed by atoms with Crippen LogP contribution < -0.4 is 5.32 Å². The summed E-state index contributed by atoms with van der Waals surface area (Å²) in [4.78, 5) is 4.35. The van der Waals surface area contributed by atoms with Crippen molar-refractivity contribution in [1.29, 1.82) is 0 Å². The topological polar surface area (TPSA) is 45.2 Å². The summed E-state index contributed by atoms with van der Waals surface area (Å²) >= 11 is 0. The van der Waals surface area contributed by atoms with Gasteiger partial charge in [-0.25, -0.2) is 12.9 Å². The second-order valence-corrected chi connectivity index (χ2v) is 6.56. The first-order chi connectivity index (χ1) is 9.66. The summed E-state index contributed by atoms with van der Waals surface area (Å²) in [5.41, 5.74) is 0. The minimum Gasteiger partial charge on any atom is -0.303 e. The summed E-state index contributed by atoms with van der Waals surface area (Å²) in [6, 6.07) is 5.29. The van der Waals surface area contributed by atoms with Crippen molar-refractivity contribution in [3.63, 3.8) is 0 Å². The van der Waals surface area contributed by atoms with Gasteiger partial charge in [-0.15, -0.1) is 0 Å². The molecule has 106 valence electrons. The molecule has 2 unspecified atom stereocenters. The molecule has 0 saturated carbocycles. The summed E-state index contributed by atoms with van der Waals surface area (Å²) < 4.78 is 28.6. The first-order valence-electron chi connectivity index (χ1n) is 6.56. The standard InChI is InChI=1S/C14H16FN3OS/c1-10-5-17-9-18(8-10)20(19)13-4-2-3-11-6-16-7-12(15)14(11)13/h2-4,6-7,10,17H,5,8-9H2,1H3. The Kier molecular flexibility index (Phi) is 3.78. The van der Waals surface area contributed by atoms with E-state index in [4.69, 9.17) is 0 Å². The molecule has 1 fully saturated rings. The summed E-state index contributed by atoms with van der Waals surface area (Å²) in [5.74, 6) is -0.00124. The molecule has 0 radical (unpaired) electrons. The van der Waals surface area contributed by atoms with Crippen LogP contribution in [0.25, 0.3) is 10.8 Å². The number of aromatic nitrogens is 1. The van der Waals surface area contributed by atoms with Gasteiger partial charge in [0.1, 0.15) is 11.0 Å². The highest BCUT2D eigenvalue weighted by Crippen LogP contribution is 2.25. The predicted molar refractivity (Wildman–Crippen MR) is 76.8 cm³/mol. The van der Waals surface area contributed by atoms with Crippen LogP contribution in [0.5, 0.6) is 0 Å². The van der Waals surface area contributed by atoms with E-state index in [1.54, 1.807) is 24.4 Å². The van der Waals surface area contributed by atoms with Gasteiger partial charge in [0.15, 0.2) is 5.82 Å².